The van der Waals surface area contributed by atoms with Gasteiger partial charge in [-0.05, 0) is 91.9 Å². The van der Waals surface area contributed by atoms with Crippen molar-refractivity contribution < 1.29 is 23.8 Å². The molecule has 236 valence electrons. The van der Waals surface area contributed by atoms with E-state index in [0.717, 1.165) is 47.5 Å². The number of nitriles is 1. The lowest BCUT2D eigenvalue weighted by molar-refractivity contribution is 0.0514. The van der Waals surface area contributed by atoms with Crippen LogP contribution in [0.3, 0.4) is 0 Å². The smallest absolute Gasteiger partial charge is 0.345 e. The number of hydrogen-bond acceptors (Lipinski definition) is 10. The van der Waals surface area contributed by atoms with E-state index in [-0.39, 0.29) is 24.0 Å². The van der Waals surface area contributed by atoms with Gasteiger partial charge in [-0.2, -0.15) is 10.2 Å². The Balaban J connectivity index is 1.31. The molecule has 2 heterocycles. The van der Waals surface area contributed by atoms with Gasteiger partial charge in [0.05, 0.1) is 36.6 Å². The van der Waals surface area contributed by atoms with Crippen molar-refractivity contribution in [1.29, 1.82) is 5.26 Å². The zero-order valence-corrected chi connectivity index (χ0v) is 26.6. The van der Waals surface area contributed by atoms with Crippen molar-refractivity contribution in [3.05, 3.63) is 100 Å². The van der Waals surface area contributed by atoms with Crippen LogP contribution in [0.25, 0.3) is 11.1 Å². The summed E-state index contributed by atoms with van der Waals surface area (Å²) < 4.78 is 16.7. The maximum atomic E-state index is 12.9. The summed E-state index contributed by atoms with van der Waals surface area (Å²) >= 11 is 0. The summed E-state index contributed by atoms with van der Waals surface area (Å²) in [6.45, 7) is 11.7. The zero-order chi connectivity index (χ0) is 32.6. The second kappa shape index (κ2) is 14.7. The summed E-state index contributed by atoms with van der Waals surface area (Å²) in [4.78, 5) is 38.5. The van der Waals surface area contributed by atoms with Gasteiger partial charge in [0.2, 0.25) is 11.8 Å². The largest absolute Gasteiger partial charge is 0.462 e. The molecule has 10 heteroatoms. The van der Waals surface area contributed by atoms with Crippen LogP contribution in [0.4, 0.5) is 5.95 Å². The Labute approximate surface area is 269 Å². The number of benzene rings is 3. The summed E-state index contributed by atoms with van der Waals surface area (Å²) in [5.41, 5.74) is 6.15. The van der Waals surface area contributed by atoms with E-state index >= 15 is 0 Å². The summed E-state index contributed by atoms with van der Waals surface area (Å²) in [7, 11) is 0. The highest BCUT2D eigenvalue weighted by Gasteiger charge is 2.24. The highest BCUT2D eigenvalue weighted by atomic mass is 16.5. The molecule has 10 nitrogen and oxygen atoms in total. The molecule has 1 aromatic heterocycles. The Kier molecular flexibility index (Phi) is 10.2. The molecule has 0 amide bonds. The molecule has 1 fully saturated rings. The van der Waals surface area contributed by atoms with E-state index in [4.69, 9.17) is 24.5 Å². The van der Waals surface area contributed by atoms with Crippen molar-refractivity contribution in [2.45, 2.75) is 34.2 Å². The molecular formula is C36H37N5O5. The molecule has 0 spiro atoms. The van der Waals surface area contributed by atoms with Crippen molar-refractivity contribution in [2.75, 3.05) is 44.3 Å². The van der Waals surface area contributed by atoms with Crippen LogP contribution in [0.5, 0.6) is 11.6 Å². The van der Waals surface area contributed by atoms with Crippen LogP contribution in [-0.2, 0) is 16.0 Å². The fourth-order valence-corrected chi connectivity index (χ4v) is 5.37. The van der Waals surface area contributed by atoms with Crippen molar-refractivity contribution in [2.24, 2.45) is 0 Å². The molecule has 0 aliphatic carbocycles. The van der Waals surface area contributed by atoms with Crippen LogP contribution in [0.2, 0.25) is 0 Å². The first-order valence-electron chi connectivity index (χ1n) is 15.4. The molecular weight excluding hydrogens is 582 g/mol. The molecule has 0 atom stereocenters. The Morgan fingerprint density at radius 3 is 2.09 bits per heavy atom. The van der Waals surface area contributed by atoms with Crippen molar-refractivity contribution in [3.8, 4) is 28.8 Å². The maximum Gasteiger partial charge on any atom is 0.345 e. The van der Waals surface area contributed by atoms with E-state index in [1.165, 1.54) is 6.20 Å². The maximum absolute atomic E-state index is 12.9. The van der Waals surface area contributed by atoms with Crippen LogP contribution in [0, 0.1) is 25.2 Å². The van der Waals surface area contributed by atoms with E-state index in [1.54, 1.807) is 38.1 Å². The molecule has 0 saturated carbocycles. The fraction of sp³-hybridized carbons (Fsp3) is 0.306. The first-order valence-corrected chi connectivity index (χ1v) is 15.4. The van der Waals surface area contributed by atoms with Gasteiger partial charge in [0.15, 0.2) is 0 Å². The summed E-state index contributed by atoms with van der Waals surface area (Å²) in [5, 5.41) is 9.14. The predicted octanol–water partition coefficient (Wildman–Crippen LogP) is 6.10. The van der Waals surface area contributed by atoms with Crippen LogP contribution in [0.15, 0.2) is 66.9 Å². The van der Waals surface area contributed by atoms with Gasteiger partial charge in [0.25, 0.3) is 0 Å². The quantitative estimate of drug-likeness (QED) is 0.193. The molecule has 1 saturated heterocycles. The van der Waals surface area contributed by atoms with E-state index in [1.807, 2.05) is 50.2 Å². The van der Waals surface area contributed by atoms with Crippen LogP contribution >= 0.6 is 0 Å². The number of aryl methyl sites for hydroxylation is 2. The van der Waals surface area contributed by atoms with Crippen molar-refractivity contribution in [3.63, 3.8) is 0 Å². The highest BCUT2D eigenvalue weighted by Crippen LogP contribution is 2.35. The van der Waals surface area contributed by atoms with E-state index in [0.29, 0.717) is 42.5 Å². The summed E-state index contributed by atoms with van der Waals surface area (Å²) in [6.07, 6.45) is 1.48. The van der Waals surface area contributed by atoms with Gasteiger partial charge < -0.3 is 19.1 Å². The zero-order valence-electron chi connectivity index (χ0n) is 26.6. The van der Waals surface area contributed by atoms with E-state index in [9.17, 15) is 9.59 Å². The minimum Gasteiger partial charge on any atom is -0.462 e. The second-order valence-corrected chi connectivity index (χ2v) is 11.0. The molecule has 0 radical (unpaired) electrons. The summed E-state index contributed by atoms with van der Waals surface area (Å²) in [5.74, 6) is 0.361. The lowest BCUT2D eigenvalue weighted by Gasteiger charge is -2.34. The first-order chi connectivity index (χ1) is 22.3. The molecule has 46 heavy (non-hydrogen) atoms. The average molecular weight is 620 g/mol. The van der Waals surface area contributed by atoms with E-state index in [2.05, 4.69) is 20.9 Å². The van der Waals surface area contributed by atoms with Crippen LogP contribution < -0.4 is 9.64 Å². The minimum atomic E-state index is -0.549. The number of esters is 2. The number of rotatable bonds is 10. The Morgan fingerprint density at radius 2 is 1.48 bits per heavy atom. The molecule has 3 aromatic carbocycles. The van der Waals surface area contributed by atoms with Crippen molar-refractivity contribution in [1.82, 2.24) is 14.9 Å². The molecule has 5 rings (SSSR count). The second-order valence-electron chi connectivity index (χ2n) is 11.0. The molecule has 1 aliphatic heterocycles. The van der Waals surface area contributed by atoms with Gasteiger partial charge in [-0.25, -0.2) is 14.6 Å². The third-order valence-corrected chi connectivity index (χ3v) is 7.77. The molecule has 4 aromatic rings. The summed E-state index contributed by atoms with van der Waals surface area (Å²) in [6, 6.07) is 21.1. The first kappa shape index (κ1) is 32.1. The number of piperazine rings is 1. The van der Waals surface area contributed by atoms with Gasteiger partial charge in [-0.1, -0.05) is 24.3 Å². The minimum absolute atomic E-state index is 0.143. The van der Waals surface area contributed by atoms with Gasteiger partial charge >= 0.3 is 11.9 Å². The van der Waals surface area contributed by atoms with Gasteiger partial charge in [0.1, 0.15) is 11.3 Å². The molecule has 0 N–H and O–H groups in total. The number of carbonyl (C=O) groups excluding carboxylic acids is 2. The van der Waals surface area contributed by atoms with Gasteiger partial charge in [-0.15, -0.1) is 0 Å². The molecule has 1 aliphatic rings. The normalized spacial score (nSPS) is 13.2. The van der Waals surface area contributed by atoms with E-state index < -0.39 is 5.97 Å². The Morgan fingerprint density at radius 1 is 0.848 bits per heavy atom. The Hall–Kier alpha value is -5.27. The van der Waals surface area contributed by atoms with Gasteiger partial charge in [0, 0.05) is 32.7 Å². The van der Waals surface area contributed by atoms with Gasteiger partial charge in [-0.3, -0.25) is 4.90 Å². The standard InChI is InChI=1S/C36H37N5O5/c1-5-44-34(42)29-13-9-27(10-14-29)23-40-15-17-41(18-16-40)36-38-22-31(35(43)45-6-2)33(39-36)46-32-24(3)19-30(20-25(32)4)28-11-7-26(21-37)8-12-28/h7-14,19-20,22H,5-6,15-18,23H2,1-4H3. The molecule has 0 bridgehead atoms. The number of anilines is 1. The topological polar surface area (TPSA) is 118 Å². The third kappa shape index (κ3) is 7.50. The molecule has 0 unspecified atom stereocenters. The monoisotopic (exact) mass is 619 g/mol. The van der Waals surface area contributed by atoms with Crippen molar-refractivity contribution >= 4 is 17.9 Å². The number of ether oxygens (including phenoxy) is 3. The number of aromatic nitrogens is 2. The average Bonchev–Trinajstić information content (AvgIpc) is 3.07. The number of hydrogen-bond donors (Lipinski definition) is 0. The van der Waals surface area contributed by atoms with Crippen LogP contribution in [-0.4, -0.2) is 66.2 Å². The number of nitrogens with zero attached hydrogens (tertiary/aromatic N) is 5. The fourth-order valence-electron chi connectivity index (χ4n) is 5.37. The Bertz CT molecular complexity index is 1720. The van der Waals surface area contributed by atoms with Crippen LogP contribution in [0.1, 0.15) is 56.8 Å². The predicted molar refractivity (Wildman–Crippen MR) is 174 cm³/mol. The number of carbonyl (C=O) groups is 2. The lowest BCUT2D eigenvalue weighted by atomic mass is 9.99. The SMILES string of the molecule is CCOC(=O)c1ccc(CN2CCN(c3ncc(C(=O)OCC)c(Oc4c(C)cc(-c5ccc(C#N)cc5)cc4C)n3)CC2)cc1. The third-order valence-electron chi connectivity index (χ3n) is 7.77. The highest BCUT2D eigenvalue weighted by molar-refractivity contribution is 5.92. The lowest BCUT2D eigenvalue weighted by Crippen LogP contribution is -2.46.